The van der Waals surface area contributed by atoms with Crippen molar-refractivity contribution in [1.82, 2.24) is 19.7 Å². The van der Waals surface area contributed by atoms with Crippen molar-refractivity contribution < 1.29 is 4.79 Å². The third-order valence-electron chi connectivity index (χ3n) is 5.89. The summed E-state index contributed by atoms with van der Waals surface area (Å²) >= 11 is 1.66. The molecular formula is C27H27N5OS. The van der Waals surface area contributed by atoms with Crippen molar-refractivity contribution in [3.05, 3.63) is 102 Å². The van der Waals surface area contributed by atoms with Crippen molar-refractivity contribution in [3.8, 4) is 5.69 Å². The summed E-state index contributed by atoms with van der Waals surface area (Å²) < 4.78 is 2.17. The lowest BCUT2D eigenvalue weighted by atomic mass is 10.1. The van der Waals surface area contributed by atoms with Crippen LogP contribution in [0.25, 0.3) is 5.69 Å². The van der Waals surface area contributed by atoms with Gasteiger partial charge in [0.25, 0.3) is 5.91 Å². The number of carbonyl (C=O) groups excluding carboxylic acids is 1. The topological polar surface area (TPSA) is 63.1 Å². The first-order valence-corrected chi connectivity index (χ1v) is 12.5. The zero-order chi connectivity index (χ0) is 23.2. The fourth-order valence-electron chi connectivity index (χ4n) is 4.10. The molecule has 3 aromatic carbocycles. The molecule has 0 bridgehead atoms. The second-order valence-corrected chi connectivity index (χ2v) is 9.30. The number of amides is 1. The highest BCUT2D eigenvalue weighted by atomic mass is 32.2. The summed E-state index contributed by atoms with van der Waals surface area (Å²) in [5.74, 6) is 1.61. The molecule has 1 amide bonds. The summed E-state index contributed by atoms with van der Waals surface area (Å²) in [6.45, 7) is 3.05. The maximum Gasteiger partial charge on any atom is 0.255 e. The van der Waals surface area contributed by atoms with Crippen LogP contribution in [0, 0.1) is 0 Å². The van der Waals surface area contributed by atoms with E-state index in [4.69, 9.17) is 0 Å². The Hall–Kier alpha value is -3.42. The van der Waals surface area contributed by atoms with E-state index < -0.39 is 0 Å². The summed E-state index contributed by atoms with van der Waals surface area (Å²) in [5, 5.41) is 12.9. The van der Waals surface area contributed by atoms with Crippen LogP contribution in [0.1, 0.15) is 34.6 Å². The molecule has 5 rings (SSSR count). The Morgan fingerprint density at radius 2 is 1.53 bits per heavy atom. The van der Waals surface area contributed by atoms with Gasteiger partial charge in [-0.2, -0.15) is 0 Å². The average Bonchev–Trinajstić information content (AvgIpc) is 3.54. The Morgan fingerprint density at radius 3 is 2.24 bits per heavy atom. The van der Waals surface area contributed by atoms with E-state index in [1.165, 1.54) is 12.8 Å². The molecule has 1 aliphatic heterocycles. The van der Waals surface area contributed by atoms with Gasteiger partial charge in [0.2, 0.25) is 0 Å². The van der Waals surface area contributed by atoms with Gasteiger partial charge in [-0.15, -0.1) is 10.2 Å². The van der Waals surface area contributed by atoms with E-state index in [-0.39, 0.29) is 5.91 Å². The zero-order valence-corrected chi connectivity index (χ0v) is 19.7. The molecule has 0 atom stereocenters. The normalized spacial score (nSPS) is 13.8. The van der Waals surface area contributed by atoms with Crippen LogP contribution in [-0.2, 0) is 12.3 Å². The standard InChI is InChI=1S/C27H27N5OS/c33-26(28-23-9-3-1-4-10-23)22-15-13-21(14-16-22)20-34-27-30-29-25(19-31-17-7-8-18-31)32(27)24-11-5-2-6-12-24/h1-6,9-16H,7-8,17-20H2,(H,28,33). The molecule has 2 heterocycles. The van der Waals surface area contributed by atoms with E-state index in [0.29, 0.717) is 5.56 Å². The van der Waals surface area contributed by atoms with Crippen LogP contribution in [-0.4, -0.2) is 38.7 Å². The fraction of sp³-hybridized carbons (Fsp3) is 0.222. The smallest absolute Gasteiger partial charge is 0.255 e. The van der Waals surface area contributed by atoms with Crippen molar-refractivity contribution in [2.24, 2.45) is 0 Å². The highest BCUT2D eigenvalue weighted by molar-refractivity contribution is 7.98. The summed E-state index contributed by atoms with van der Waals surface area (Å²) in [5.41, 5.74) is 3.64. The minimum atomic E-state index is -0.110. The molecule has 1 aliphatic rings. The lowest BCUT2D eigenvalue weighted by Crippen LogP contribution is -2.21. The minimum Gasteiger partial charge on any atom is -0.322 e. The number of likely N-dealkylation sites (tertiary alicyclic amines) is 1. The van der Waals surface area contributed by atoms with Gasteiger partial charge < -0.3 is 5.32 Å². The van der Waals surface area contributed by atoms with E-state index >= 15 is 0 Å². The Labute approximate surface area is 204 Å². The van der Waals surface area contributed by atoms with Crippen LogP contribution in [0.5, 0.6) is 0 Å². The number of hydrogen-bond acceptors (Lipinski definition) is 5. The van der Waals surface area contributed by atoms with Gasteiger partial charge in [0.15, 0.2) is 11.0 Å². The maximum atomic E-state index is 12.5. The van der Waals surface area contributed by atoms with Gasteiger partial charge in [0, 0.05) is 22.7 Å². The first kappa shape index (κ1) is 22.4. The molecule has 0 saturated carbocycles. The van der Waals surface area contributed by atoms with Gasteiger partial charge >= 0.3 is 0 Å². The van der Waals surface area contributed by atoms with Gasteiger partial charge in [0.05, 0.1) is 6.54 Å². The third kappa shape index (κ3) is 5.38. The highest BCUT2D eigenvalue weighted by Gasteiger charge is 2.19. The molecule has 4 aromatic rings. The Kier molecular flexibility index (Phi) is 7.02. The number of thioether (sulfide) groups is 1. The van der Waals surface area contributed by atoms with Gasteiger partial charge in [-0.3, -0.25) is 14.3 Å². The van der Waals surface area contributed by atoms with E-state index in [1.54, 1.807) is 11.8 Å². The summed E-state index contributed by atoms with van der Waals surface area (Å²) in [7, 11) is 0. The largest absolute Gasteiger partial charge is 0.322 e. The van der Waals surface area contributed by atoms with Crippen molar-refractivity contribution in [1.29, 1.82) is 0 Å². The molecule has 1 N–H and O–H groups in total. The number of para-hydroxylation sites is 2. The van der Waals surface area contributed by atoms with E-state index in [0.717, 1.165) is 53.3 Å². The van der Waals surface area contributed by atoms with Crippen molar-refractivity contribution >= 4 is 23.4 Å². The van der Waals surface area contributed by atoms with Gasteiger partial charge in [0.1, 0.15) is 0 Å². The maximum absolute atomic E-state index is 12.5. The lowest BCUT2D eigenvalue weighted by molar-refractivity contribution is 0.102. The number of carbonyl (C=O) groups is 1. The monoisotopic (exact) mass is 469 g/mol. The number of benzene rings is 3. The molecule has 1 saturated heterocycles. The summed E-state index contributed by atoms with van der Waals surface area (Å²) in [4.78, 5) is 15.0. The van der Waals surface area contributed by atoms with Crippen LogP contribution in [0.15, 0.2) is 90.1 Å². The predicted molar refractivity (Wildman–Crippen MR) is 136 cm³/mol. The van der Waals surface area contributed by atoms with Crippen LogP contribution < -0.4 is 5.32 Å². The van der Waals surface area contributed by atoms with Crippen LogP contribution >= 0.6 is 11.8 Å². The zero-order valence-electron chi connectivity index (χ0n) is 18.9. The molecule has 34 heavy (non-hydrogen) atoms. The van der Waals surface area contributed by atoms with Gasteiger partial charge in [-0.1, -0.05) is 60.3 Å². The highest BCUT2D eigenvalue weighted by Crippen LogP contribution is 2.26. The number of anilines is 1. The molecular weight excluding hydrogens is 442 g/mol. The SMILES string of the molecule is O=C(Nc1ccccc1)c1ccc(CSc2nnc(CN3CCCC3)n2-c2ccccc2)cc1. The molecule has 172 valence electrons. The first-order valence-electron chi connectivity index (χ1n) is 11.6. The molecule has 0 radical (unpaired) electrons. The number of nitrogens with one attached hydrogen (secondary N) is 1. The van der Waals surface area contributed by atoms with Crippen LogP contribution in [0.3, 0.4) is 0 Å². The van der Waals surface area contributed by atoms with E-state index in [1.807, 2.05) is 72.8 Å². The number of hydrogen-bond donors (Lipinski definition) is 1. The molecule has 7 heteroatoms. The molecule has 1 aromatic heterocycles. The molecule has 0 unspecified atom stereocenters. The van der Waals surface area contributed by atoms with E-state index in [9.17, 15) is 4.79 Å². The second kappa shape index (κ2) is 10.7. The molecule has 0 spiro atoms. The lowest BCUT2D eigenvalue weighted by Gasteiger charge is -2.16. The second-order valence-electron chi connectivity index (χ2n) is 8.36. The number of rotatable bonds is 8. The quantitative estimate of drug-likeness (QED) is 0.350. The Morgan fingerprint density at radius 1 is 0.853 bits per heavy atom. The summed E-state index contributed by atoms with van der Waals surface area (Å²) in [6, 6.07) is 27.5. The third-order valence-corrected chi connectivity index (χ3v) is 6.89. The summed E-state index contributed by atoms with van der Waals surface area (Å²) in [6.07, 6.45) is 2.50. The Balaban J connectivity index is 1.28. The van der Waals surface area contributed by atoms with Crippen molar-refractivity contribution in [2.75, 3.05) is 18.4 Å². The molecule has 0 aliphatic carbocycles. The predicted octanol–water partition coefficient (Wildman–Crippen LogP) is 5.41. The van der Waals surface area contributed by atoms with Crippen molar-refractivity contribution in [3.63, 3.8) is 0 Å². The van der Waals surface area contributed by atoms with E-state index in [2.05, 4.69) is 37.1 Å². The first-order chi connectivity index (χ1) is 16.8. The number of aromatic nitrogens is 3. The average molecular weight is 470 g/mol. The van der Waals surface area contributed by atoms with Crippen LogP contribution in [0.4, 0.5) is 5.69 Å². The Bertz CT molecular complexity index is 1220. The van der Waals surface area contributed by atoms with Gasteiger partial charge in [-0.05, 0) is 67.9 Å². The van der Waals surface area contributed by atoms with Crippen molar-refractivity contribution in [2.45, 2.75) is 30.3 Å². The molecule has 6 nitrogen and oxygen atoms in total. The minimum absolute atomic E-state index is 0.110. The van der Waals surface area contributed by atoms with Gasteiger partial charge in [-0.25, -0.2) is 0 Å². The number of nitrogens with zero attached hydrogens (tertiary/aromatic N) is 4. The van der Waals surface area contributed by atoms with Crippen LogP contribution in [0.2, 0.25) is 0 Å². The fourth-order valence-corrected chi connectivity index (χ4v) is 5.02. The molecule has 1 fully saturated rings.